The molecule has 0 radical (unpaired) electrons. The van der Waals surface area contributed by atoms with Crippen LogP contribution in [-0.4, -0.2) is 47.6 Å². The second kappa shape index (κ2) is 7.69. The van der Waals surface area contributed by atoms with Gasteiger partial charge < -0.3 is 15.0 Å². The van der Waals surface area contributed by atoms with E-state index in [0.717, 1.165) is 6.07 Å². The molecule has 1 saturated heterocycles. The monoisotopic (exact) mass is 346 g/mol. The van der Waals surface area contributed by atoms with E-state index < -0.39 is 23.9 Å². The fourth-order valence-electron chi connectivity index (χ4n) is 2.06. The van der Waals surface area contributed by atoms with Crippen LogP contribution in [0.25, 0.3) is 0 Å². The molecule has 1 aliphatic heterocycles. The fourth-order valence-corrected chi connectivity index (χ4v) is 3.25. The average molecular weight is 347 g/mol. The molecule has 1 aromatic carbocycles. The number of amides is 2. The molecular weight excluding hydrogens is 331 g/mol. The number of ether oxygens (including phenoxy) is 1. The van der Waals surface area contributed by atoms with Gasteiger partial charge in [-0.15, -0.1) is 0 Å². The number of thioether (sulfide) groups is 1. The van der Waals surface area contributed by atoms with E-state index in [0.29, 0.717) is 18.1 Å². The lowest BCUT2D eigenvalue weighted by Crippen LogP contribution is -2.52. The molecule has 2 rings (SSSR count). The lowest BCUT2D eigenvalue weighted by Gasteiger charge is -2.33. The number of rotatable bonds is 3. The Balaban J connectivity index is 2.10. The van der Waals surface area contributed by atoms with Gasteiger partial charge in [0.1, 0.15) is 11.9 Å². The molecule has 0 saturated carbocycles. The highest BCUT2D eigenvalue weighted by Crippen LogP contribution is 2.22. The minimum atomic E-state index is -0.658. The standard InChI is InChI=1S/C14H16ClFN2O3S/c1-2-21-13(19)12-8-22-6-5-18(12)14(20)17-11-4-3-9(15)7-10(11)16/h3-4,7,12H,2,5-6,8H2,1H3,(H,17,20). The van der Waals surface area contributed by atoms with Crippen LogP contribution in [0.4, 0.5) is 14.9 Å². The van der Waals surface area contributed by atoms with Crippen molar-refractivity contribution in [1.82, 2.24) is 4.90 Å². The number of anilines is 1. The zero-order chi connectivity index (χ0) is 16.1. The Kier molecular flexibility index (Phi) is 5.90. The minimum absolute atomic E-state index is 0.0234. The summed E-state index contributed by atoms with van der Waals surface area (Å²) >= 11 is 7.25. The number of carbonyl (C=O) groups excluding carboxylic acids is 2. The highest BCUT2D eigenvalue weighted by atomic mass is 35.5. The van der Waals surface area contributed by atoms with Crippen LogP contribution in [0.2, 0.25) is 5.02 Å². The maximum atomic E-state index is 13.7. The maximum absolute atomic E-state index is 13.7. The summed E-state index contributed by atoms with van der Waals surface area (Å²) in [6.07, 6.45) is 0. The van der Waals surface area contributed by atoms with Gasteiger partial charge in [0.15, 0.2) is 0 Å². The second-order valence-corrected chi connectivity index (χ2v) is 6.18. The van der Waals surface area contributed by atoms with Crippen LogP contribution in [0.15, 0.2) is 18.2 Å². The Morgan fingerprint density at radius 1 is 1.55 bits per heavy atom. The maximum Gasteiger partial charge on any atom is 0.329 e. The molecule has 22 heavy (non-hydrogen) atoms. The summed E-state index contributed by atoms with van der Waals surface area (Å²) in [6.45, 7) is 2.36. The van der Waals surface area contributed by atoms with E-state index in [2.05, 4.69) is 5.32 Å². The van der Waals surface area contributed by atoms with E-state index >= 15 is 0 Å². The number of benzene rings is 1. The number of hydrogen-bond acceptors (Lipinski definition) is 4. The van der Waals surface area contributed by atoms with Gasteiger partial charge >= 0.3 is 12.0 Å². The highest BCUT2D eigenvalue weighted by Gasteiger charge is 2.33. The van der Waals surface area contributed by atoms with Crippen LogP contribution in [0.5, 0.6) is 0 Å². The fraction of sp³-hybridized carbons (Fsp3) is 0.429. The molecule has 0 aliphatic carbocycles. The van der Waals surface area contributed by atoms with Gasteiger partial charge in [0.25, 0.3) is 0 Å². The van der Waals surface area contributed by atoms with Gasteiger partial charge in [0, 0.05) is 23.1 Å². The molecule has 8 heteroatoms. The SMILES string of the molecule is CCOC(=O)C1CSCCN1C(=O)Nc1ccc(Cl)cc1F. The summed E-state index contributed by atoms with van der Waals surface area (Å²) in [7, 11) is 0. The van der Waals surface area contributed by atoms with E-state index in [1.54, 1.807) is 18.7 Å². The largest absolute Gasteiger partial charge is 0.464 e. The lowest BCUT2D eigenvalue weighted by molar-refractivity contribution is -0.147. The summed E-state index contributed by atoms with van der Waals surface area (Å²) in [4.78, 5) is 25.6. The second-order valence-electron chi connectivity index (χ2n) is 4.59. The van der Waals surface area contributed by atoms with Crippen molar-refractivity contribution >= 4 is 41.1 Å². The number of urea groups is 1. The molecule has 0 spiro atoms. The number of carbonyl (C=O) groups is 2. The molecule has 1 aliphatic rings. The first-order chi connectivity index (χ1) is 10.5. The van der Waals surface area contributed by atoms with Crippen molar-refractivity contribution in [3.63, 3.8) is 0 Å². The summed E-state index contributed by atoms with van der Waals surface area (Å²) < 4.78 is 18.7. The lowest BCUT2D eigenvalue weighted by atomic mass is 10.2. The van der Waals surface area contributed by atoms with Crippen molar-refractivity contribution in [3.05, 3.63) is 29.0 Å². The van der Waals surface area contributed by atoms with E-state index in [1.807, 2.05) is 0 Å². The topological polar surface area (TPSA) is 58.6 Å². The van der Waals surface area contributed by atoms with Crippen LogP contribution in [0.1, 0.15) is 6.92 Å². The van der Waals surface area contributed by atoms with Gasteiger partial charge in [-0.25, -0.2) is 14.0 Å². The average Bonchev–Trinajstić information content (AvgIpc) is 2.50. The van der Waals surface area contributed by atoms with Gasteiger partial charge in [-0.1, -0.05) is 11.6 Å². The number of esters is 1. The van der Waals surface area contributed by atoms with Crippen molar-refractivity contribution in [2.75, 3.05) is 30.0 Å². The summed E-state index contributed by atoms with van der Waals surface area (Å²) in [5.41, 5.74) is 0.0234. The molecular formula is C14H16ClFN2O3S. The van der Waals surface area contributed by atoms with Crippen LogP contribution >= 0.6 is 23.4 Å². The van der Waals surface area contributed by atoms with Crippen LogP contribution in [-0.2, 0) is 9.53 Å². The van der Waals surface area contributed by atoms with Crippen molar-refractivity contribution < 1.29 is 18.7 Å². The zero-order valence-electron chi connectivity index (χ0n) is 12.0. The van der Waals surface area contributed by atoms with Gasteiger partial charge in [0.05, 0.1) is 12.3 Å². The third-order valence-corrected chi connectivity index (χ3v) is 4.38. The van der Waals surface area contributed by atoms with Gasteiger partial charge in [-0.3, -0.25) is 0 Å². The zero-order valence-corrected chi connectivity index (χ0v) is 13.5. The Bertz CT molecular complexity index is 573. The van der Waals surface area contributed by atoms with Gasteiger partial charge in [-0.2, -0.15) is 11.8 Å². The predicted octanol–water partition coefficient (Wildman–Crippen LogP) is 2.99. The van der Waals surface area contributed by atoms with Crippen molar-refractivity contribution in [1.29, 1.82) is 0 Å². The first kappa shape index (κ1) is 16.9. The van der Waals surface area contributed by atoms with E-state index in [4.69, 9.17) is 16.3 Å². The molecule has 5 nitrogen and oxygen atoms in total. The molecule has 120 valence electrons. The molecule has 0 bridgehead atoms. The highest BCUT2D eigenvalue weighted by molar-refractivity contribution is 7.99. The van der Waals surface area contributed by atoms with Crippen LogP contribution in [0, 0.1) is 5.82 Å². The van der Waals surface area contributed by atoms with Crippen molar-refractivity contribution in [3.8, 4) is 0 Å². The van der Waals surface area contributed by atoms with E-state index in [-0.39, 0.29) is 17.3 Å². The van der Waals surface area contributed by atoms with Crippen LogP contribution < -0.4 is 5.32 Å². The van der Waals surface area contributed by atoms with Crippen LogP contribution in [0.3, 0.4) is 0 Å². The molecule has 1 aromatic rings. The smallest absolute Gasteiger partial charge is 0.329 e. The number of nitrogens with one attached hydrogen (secondary N) is 1. The first-order valence-electron chi connectivity index (χ1n) is 6.80. The molecule has 1 fully saturated rings. The van der Waals surface area contributed by atoms with Crippen molar-refractivity contribution in [2.45, 2.75) is 13.0 Å². The molecule has 1 N–H and O–H groups in total. The summed E-state index contributed by atoms with van der Waals surface area (Å²) in [5.74, 6) is 0.114. The first-order valence-corrected chi connectivity index (χ1v) is 8.33. The third kappa shape index (κ3) is 4.04. The number of halogens is 2. The van der Waals surface area contributed by atoms with Gasteiger partial charge in [-0.05, 0) is 25.1 Å². The summed E-state index contributed by atoms with van der Waals surface area (Å²) in [5, 5.41) is 2.72. The Labute approximate surface area is 137 Å². The third-order valence-electron chi connectivity index (χ3n) is 3.12. The Morgan fingerprint density at radius 3 is 3.00 bits per heavy atom. The van der Waals surface area contributed by atoms with Crippen molar-refractivity contribution in [2.24, 2.45) is 0 Å². The normalized spacial score (nSPS) is 18.0. The molecule has 1 heterocycles. The minimum Gasteiger partial charge on any atom is -0.464 e. The number of nitrogens with zero attached hydrogens (tertiary/aromatic N) is 1. The molecule has 1 unspecified atom stereocenters. The van der Waals surface area contributed by atoms with E-state index in [9.17, 15) is 14.0 Å². The number of hydrogen-bond donors (Lipinski definition) is 1. The molecule has 2 amide bonds. The van der Waals surface area contributed by atoms with E-state index in [1.165, 1.54) is 17.0 Å². The molecule has 0 aromatic heterocycles. The molecule has 1 atom stereocenters. The quantitative estimate of drug-likeness (QED) is 0.855. The Morgan fingerprint density at radius 2 is 2.32 bits per heavy atom. The summed E-state index contributed by atoms with van der Waals surface area (Å²) in [6, 6.07) is 2.79. The predicted molar refractivity (Wildman–Crippen MR) is 84.9 cm³/mol. The Hall–Kier alpha value is -1.47. The van der Waals surface area contributed by atoms with Gasteiger partial charge in [0.2, 0.25) is 0 Å².